The van der Waals surface area contributed by atoms with Crippen LogP contribution in [0.3, 0.4) is 0 Å². The number of halogens is 1. The number of hydrogen-bond donors (Lipinski definition) is 2. The molecule has 0 spiro atoms. The summed E-state index contributed by atoms with van der Waals surface area (Å²) in [5.41, 5.74) is 0.575. The summed E-state index contributed by atoms with van der Waals surface area (Å²) in [4.78, 5) is 10.5. The molecule has 1 unspecified atom stereocenters. The van der Waals surface area contributed by atoms with Crippen molar-refractivity contribution in [3.8, 4) is 0 Å². The van der Waals surface area contributed by atoms with Crippen molar-refractivity contribution in [3.63, 3.8) is 0 Å². The highest BCUT2D eigenvalue weighted by Crippen LogP contribution is 2.24. The monoisotopic (exact) mass is 340 g/mol. The first-order chi connectivity index (χ1) is 9.61. The Morgan fingerprint density at radius 2 is 2.25 bits per heavy atom. The van der Waals surface area contributed by atoms with Crippen LogP contribution in [0.2, 0.25) is 0 Å². The molecule has 6 nitrogen and oxygen atoms in total. The molecule has 7 heteroatoms. The Balaban J connectivity index is 2.13. The molecule has 0 aliphatic carbocycles. The smallest absolute Gasteiger partial charge is 0.273 e. The maximum Gasteiger partial charge on any atom is 0.273 e. The number of nitro benzene ring substituents is 1. The summed E-state index contributed by atoms with van der Waals surface area (Å²) in [7, 11) is 0. The van der Waals surface area contributed by atoms with Crippen molar-refractivity contribution < 1.29 is 14.4 Å². The Kier molecular flexibility index (Phi) is 4.89. The van der Waals surface area contributed by atoms with Crippen LogP contribution in [-0.4, -0.2) is 16.6 Å². The van der Waals surface area contributed by atoms with Gasteiger partial charge in [-0.2, -0.15) is 0 Å². The van der Waals surface area contributed by atoms with Crippen molar-refractivity contribution in [2.45, 2.75) is 12.6 Å². The Morgan fingerprint density at radius 1 is 1.45 bits per heavy atom. The van der Waals surface area contributed by atoms with Crippen molar-refractivity contribution in [2.24, 2.45) is 0 Å². The molecule has 2 rings (SSSR count). The third-order valence-electron chi connectivity index (χ3n) is 2.85. The van der Waals surface area contributed by atoms with Gasteiger partial charge >= 0.3 is 0 Å². The van der Waals surface area contributed by atoms with Crippen molar-refractivity contribution in [3.05, 3.63) is 62.5 Å². The fourth-order valence-electron chi connectivity index (χ4n) is 1.85. The van der Waals surface area contributed by atoms with Gasteiger partial charge in [-0.15, -0.1) is 0 Å². The number of nitrogens with zero attached hydrogens (tertiary/aromatic N) is 1. The van der Waals surface area contributed by atoms with Crippen molar-refractivity contribution in [1.82, 2.24) is 5.32 Å². The van der Waals surface area contributed by atoms with Crippen LogP contribution in [0.15, 0.2) is 45.5 Å². The Labute approximate surface area is 123 Å². The van der Waals surface area contributed by atoms with Crippen LogP contribution in [0.25, 0.3) is 0 Å². The van der Waals surface area contributed by atoms with E-state index in [0.29, 0.717) is 11.3 Å². The maximum absolute atomic E-state index is 11.0. The molecule has 20 heavy (non-hydrogen) atoms. The molecule has 106 valence electrons. The third-order valence-corrected chi connectivity index (χ3v) is 3.34. The standard InChI is InChI=1S/C13H13BrN2O4/c14-10-3-4-12(16(18)19)9(6-10)7-15-11(8-17)13-2-1-5-20-13/h1-6,11,15,17H,7-8H2. The molecule has 2 N–H and O–H groups in total. The van der Waals surface area contributed by atoms with E-state index in [9.17, 15) is 15.2 Å². The average molecular weight is 341 g/mol. The normalized spacial score (nSPS) is 12.3. The molecule has 0 bridgehead atoms. The van der Waals surface area contributed by atoms with E-state index >= 15 is 0 Å². The summed E-state index contributed by atoms with van der Waals surface area (Å²) in [6.07, 6.45) is 1.52. The Hall–Kier alpha value is -1.70. The Morgan fingerprint density at radius 3 is 2.85 bits per heavy atom. The minimum Gasteiger partial charge on any atom is -0.468 e. The van der Waals surface area contributed by atoms with Gasteiger partial charge < -0.3 is 14.8 Å². The molecule has 0 fully saturated rings. The summed E-state index contributed by atoms with van der Waals surface area (Å²) in [5.74, 6) is 0.588. The maximum atomic E-state index is 11.0. The first-order valence-electron chi connectivity index (χ1n) is 5.92. The largest absolute Gasteiger partial charge is 0.468 e. The van der Waals surface area contributed by atoms with Crippen LogP contribution in [0.4, 0.5) is 5.69 Å². The van der Waals surface area contributed by atoms with Crippen molar-refractivity contribution in [1.29, 1.82) is 0 Å². The van der Waals surface area contributed by atoms with E-state index in [0.717, 1.165) is 4.47 Å². The fraction of sp³-hybridized carbons (Fsp3) is 0.231. The zero-order valence-corrected chi connectivity index (χ0v) is 12.0. The molecule has 1 aromatic carbocycles. The topological polar surface area (TPSA) is 88.5 Å². The van der Waals surface area contributed by atoms with Crippen molar-refractivity contribution >= 4 is 21.6 Å². The number of hydrogen-bond acceptors (Lipinski definition) is 5. The average Bonchev–Trinajstić information content (AvgIpc) is 2.93. The number of benzene rings is 1. The van der Waals surface area contributed by atoms with Crippen LogP contribution in [0.5, 0.6) is 0 Å². The van der Waals surface area contributed by atoms with Gasteiger partial charge in [0.05, 0.1) is 23.8 Å². The molecule has 0 aliphatic heterocycles. The number of furan rings is 1. The summed E-state index contributed by atoms with van der Waals surface area (Å²) >= 11 is 3.29. The van der Waals surface area contributed by atoms with Crippen LogP contribution >= 0.6 is 15.9 Å². The third kappa shape index (κ3) is 3.44. The molecule has 0 saturated carbocycles. The lowest BCUT2D eigenvalue weighted by atomic mass is 10.1. The van der Waals surface area contributed by atoms with Crippen molar-refractivity contribution in [2.75, 3.05) is 6.61 Å². The van der Waals surface area contributed by atoms with Crippen LogP contribution < -0.4 is 5.32 Å². The van der Waals surface area contributed by atoms with Gasteiger partial charge in [-0.3, -0.25) is 10.1 Å². The van der Waals surface area contributed by atoms with Crippen LogP contribution in [-0.2, 0) is 6.54 Å². The number of aliphatic hydroxyl groups is 1. The molecule has 0 amide bonds. The predicted molar refractivity (Wildman–Crippen MR) is 76.2 cm³/mol. The van der Waals surface area contributed by atoms with E-state index in [1.807, 2.05) is 0 Å². The minimum atomic E-state index is -0.426. The van der Waals surface area contributed by atoms with Gasteiger partial charge in [0.2, 0.25) is 0 Å². The van der Waals surface area contributed by atoms with E-state index < -0.39 is 11.0 Å². The lowest BCUT2D eigenvalue weighted by Gasteiger charge is -2.14. The fourth-order valence-corrected chi connectivity index (χ4v) is 2.26. The number of nitrogens with one attached hydrogen (secondary N) is 1. The Bertz CT molecular complexity index is 586. The van der Waals surface area contributed by atoms with Gasteiger partial charge in [-0.1, -0.05) is 15.9 Å². The minimum absolute atomic E-state index is 0.0387. The summed E-state index contributed by atoms with van der Waals surface area (Å²) in [6, 6.07) is 7.81. The zero-order valence-electron chi connectivity index (χ0n) is 10.5. The molecule has 2 aromatic rings. The molecule has 1 heterocycles. The van der Waals surface area contributed by atoms with Gasteiger partial charge in [0, 0.05) is 22.6 Å². The van der Waals surface area contributed by atoms with E-state index in [-0.39, 0.29) is 18.8 Å². The van der Waals surface area contributed by atoms with Gasteiger partial charge in [0.15, 0.2) is 0 Å². The van der Waals surface area contributed by atoms with Gasteiger partial charge in [0.25, 0.3) is 5.69 Å². The molecule has 0 aliphatic rings. The molecular weight excluding hydrogens is 328 g/mol. The van der Waals surface area contributed by atoms with Crippen LogP contribution in [0, 0.1) is 10.1 Å². The van der Waals surface area contributed by atoms with Gasteiger partial charge in [0.1, 0.15) is 5.76 Å². The quantitative estimate of drug-likeness (QED) is 0.623. The second-order valence-corrected chi connectivity index (χ2v) is 5.08. The molecule has 0 radical (unpaired) electrons. The molecular formula is C13H13BrN2O4. The number of nitro groups is 1. The second-order valence-electron chi connectivity index (χ2n) is 4.16. The lowest BCUT2D eigenvalue weighted by molar-refractivity contribution is -0.385. The van der Waals surface area contributed by atoms with Crippen LogP contribution in [0.1, 0.15) is 17.4 Å². The highest BCUT2D eigenvalue weighted by atomic mass is 79.9. The molecule has 1 aromatic heterocycles. The second kappa shape index (κ2) is 6.65. The summed E-state index contributed by atoms with van der Waals surface area (Å²) in [6.45, 7) is 0.0942. The predicted octanol–water partition coefficient (Wildman–Crippen LogP) is 2.77. The molecule has 0 saturated heterocycles. The van der Waals surface area contributed by atoms with Gasteiger partial charge in [-0.05, 0) is 24.3 Å². The zero-order chi connectivity index (χ0) is 14.5. The highest BCUT2D eigenvalue weighted by molar-refractivity contribution is 9.10. The number of aliphatic hydroxyl groups excluding tert-OH is 1. The summed E-state index contributed by atoms with van der Waals surface area (Å²) in [5, 5.41) is 23.4. The summed E-state index contributed by atoms with van der Waals surface area (Å²) < 4.78 is 5.97. The first kappa shape index (κ1) is 14.7. The SMILES string of the molecule is O=[N+]([O-])c1ccc(Br)cc1CNC(CO)c1ccco1. The highest BCUT2D eigenvalue weighted by Gasteiger charge is 2.17. The van der Waals surface area contributed by atoms with E-state index in [1.54, 1.807) is 24.3 Å². The lowest BCUT2D eigenvalue weighted by Crippen LogP contribution is -2.24. The number of rotatable bonds is 6. The molecule has 1 atom stereocenters. The van der Waals surface area contributed by atoms with E-state index in [2.05, 4.69) is 21.2 Å². The van der Waals surface area contributed by atoms with Gasteiger partial charge in [-0.25, -0.2) is 0 Å². The van der Waals surface area contributed by atoms with E-state index in [4.69, 9.17) is 4.42 Å². The first-order valence-corrected chi connectivity index (χ1v) is 6.71. The van der Waals surface area contributed by atoms with E-state index in [1.165, 1.54) is 12.3 Å².